The van der Waals surface area contributed by atoms with Gasteiger partial charge in [0.1, 0.15) is 0 Å². The number of halogens is 3. The predicted octanol–water partition coefficient (Wildman–Crippen LogP) is 3.09. The van der Waals surface area contributed by atoms with Crippen molar-refractivity contribution in [1.82, 2.24) is 4.90 Å². The summed E-state index contributed by atoms with van der Waals surface area (Å²) in [6, 6.07) is 7.54. The van der Waals surface area contributed by atoms with Crippen LogP contribution in [0.1, 0.15) is 31.9 Å². The number of hydrogen-bond acceptors (Lipinski definition) is 3. The minimum Gasteiger partial charge on any atom is -0.466 e. The van der Waals surface area contributed by atoms with E-state index in [1.54, 1.807) is 37.3 Å². The molecule has 0 N–H and O–H groups in total. The molecule has 0 aliphatic rings. The number of rotatable bonds is 6. The number of esters is 1. The van der Waals surface area contributed by atoms with E-state index in [0.29, 0.717) is 10.5 Å². The lowest BCUT2D eigenvalue weighted by molar-refractivity contribution is -0.188. The molecular formula is C15H18F3NO3. The Hall–Kier alpha value is -2.05. The van der Waals surface area contributed by atoms with Gasteiger partial charge in [0.05, 0.1) is 19.1 Å². The van der Waals surface area contributed by atoms with Crippen LogP contribution in [0.25, 0.3) is 0 Å². The van der Waals surface area contributed by atoms with Gasteiger partial charge in [-0.1, -0.05) is 30.3 Å². The largest absolute Gasteiger partial charge is 0.471 e. The molecule has 0 aliphatic carbocycles. The molecule has 0 radical (unpaired) electrons. The van der Waals surface area contributed by atoms with E-state index in [1.165, 1.54) is 6.92 Å². The van der Waals surface area contributed by atoms with Crippen molar-refractivity contribution in [3.63, 3.8) is 0 Å². The van der Waals surface area contributed by atoms with Gasteiger partial charge in [-0.05, 0) is 19.4 Å². The maximum absolute atomic E-state index is 12.7. The fourth-order valence-corrected chi connectivity index (χ4v) is 1.99. The number of alkyl halides is 3. The second-order valence-electron chi connectivity index (χ2n) is 4.64. The Balaban J connectivity index is 2.91. The lowest BCUT2D eigenvalue weighted by atomic mass is 10.1. The number of carbonyl (C=O) groups is 2. The molecule has 0 aromatic heterocycles. The Morgan fingerprint density at radius 3 is 2.32 bits per heavy atom. The standard InChI is InChI=1S/C15H18F3NO3/c1-3-22-13(20)9-10-19(14(21)15(16,17)18)11(2)12-7-5-4-6-8-12/h4-8,11H,3,9-10H2,1-2H3. The number of hydrogen-bond donors (Lipinski definition) is 0. The van der Waals surface area contributed by atoms with Gasteiger partial charge in [-0.2, -0.15) is 13.2 Å². The lowest BCUT2D eigenvalue weighted by Crippen LogP contribution is -2.43. The van der Waals surface area contributed by atoms with Gasteiger partial charge in [-0.15, -0.1) is 0 Å². The first-order valence-corrected chi connectivity index (χ1v) is 6.85. The van der Waals surface area contributed by atoms with E-state index in [1.807, 2.05) is 0 Å². The first-order valence-electron chi connectivity index (χ1n) is 6.85. The second kappa shape index (κ2) is 7.82. The zero-order valence-corrected chi connectivity index (χ0v) is 12.4. The molecule has 0 aliphatic heterocycles. The number of nitrogens with zero attached hydrogens (tertiary/aromatic N) is 1. The Kier molecular flexibility index (Phi) is 6.39. The third kappa shape index (κ3) is 5.05. The molecule has 1 aromatic rings. The van der Waals surface area contributed by atoms with Crippen LogP contribution in [0.15, 0.2) is 30.3 Å². The van der Waals surface area contributed by atoms with Crippen LogP contribution in [0.3, 0.4) is 0 Å². The topological polar surface area (TPSA) is 46.6 Å². The van der Waals surface area contributed by atoms with Gasteiger partial charge in [0, 0.05) is 6.54 Å². The highest BCUT2D eigenvalue weighted by atomic mass is 19.4. The highest BCUT2D eigenvalue weighted by Crippen LogP contribution is 2.27. The maximum atomic E-state index is 12.7. The van der Waals surface area contributed by atoms with Crippen molar-refractivity contribution < 1.29 is 27.5 Å². The molecular weight excluding hydrogens is 299 g/mol. The average Bonchev–Trinajstić information content (AvgIpc) is 2.47. The molecule has 0 saturated heterocycles. The summed E-state index contributed by atoms with van der Waals surface area (Å²) >= 11 is 0. The summed E-state index contributed by atoms with van der Waals surface area (Å²) in [6.45, 7) is 2.88. The number of amides is 1. The smallest absolute Gasteiger partial charge is 0.466 e. The van der Waals surface area contributed by atoms with Gasteiger partial charge in [0.15, 0.2) is 0 Å². The summed E-state index contributed by atoms with van der Waals surface area (Å²) in [6.07, 6.45) is -5.27. The molecule has 22 heavy (non-hydrogen) atoms. The van der Waals surface area contributed by atoms with E-state index in [9.17, 15) is 22.8 Å². The fraction of sp³-hybridized carbons (Fsp3) is 0.467. The normalized spacial score (nSPS) is 12.6. The van der Waals surface area contributed by atoms with Gasteiger partial charge in [-0.25, -0.2) is 0 Å². The third-order valence-corrected chi connectivity index (χ3v) is 3.12. The van der Waals surface area contributed by atoms with Crippen LogP contribution >= 0.6 is 0 Å². The van der Waals surface area contributed by atoms with Crippen molar-refractivity contribution in [3.8, 4) is 0 Å². The Labute approximate surface area is 126 Å². The quantitative estimate of drug-likeness (QED) is 0.758. The molecule has 1 unspecified atom stereocenters. The van der Waals surface area contributed by atoms with Crippen molar-refractivity contribution >= 4 is 11.9 Å². The number of carbonyl (C=O) groups excluding carboxylic acids is 2. The van der Waals surface area contributed by atoms with Crippen molar-refractivity contribution in [3.05, 3.63) is 35.9 Å². The van der Waals surface area contributed by atoms with Crippen LogP contribution in [0.5, 0.6) is 0 Å². The van der Waals surface area contributed by atoms with Crippen LogP contribution in [-0.4, -0.2) is 36.1 Å². The van der Waals surface area contributed by atoms with E-state index in [0.717, 1.165) is 0 Å². The van der Waals surface area contributed by atoms with Crippen molar-refractivity contribution in [1.29, 1.82) is 0 Å². The van der Waals surface area contributed by atoms with Crippen molar-refractivity contribution in [2.24, 2.45) is 0 Å². The summed E-state index contributed by atoms with van der Waals surface area (Å²) in [5.74, 6) is -2.60. The van der Waals surface area contributed by atoms with Crippen LogP contribution in [-0.2, 0) is 14.3 Å². The van der Waals surface area contributed by atoms with Crippen LogP contribution < -0.4 is 0 Å². The molecule has 1 atom stereocenters. The zero-order valence-electron chi connectivity index (χ0n) is 12.4. The van der Waals surface area contributed by atoms with E-state index >= 15 is 0 Å². The maximum Gasteiger partial charge on any atom is 0.471 e. The van der Waals surface area contributed by atoms with E-state index in [2.05, 4.69) is 4.74 Å². The van der Waals surface area contributed by atoms with Gasteiger partial charge < -0.3 is 9.64 Å². The molecule has 0 heterocycles. The van der Waals surface area contributed by atoms with E-state index < -0.39 is 24.1 Å². The van der Waals surface area contributed by atoms with Crippen molar-refractivity contribution in [2.45, 2.75) is 32.5 Å². The molecule has 0 saturated carbocycles. The Bertz CT molecular complexity index is 503. The summed E-state index contributed by atoms with van der Waals surface area (Å²) in [4.78, 5) is 23.6. The first kappa shape index (κ1) is 18.0. The van der Waals surface area contributed by atoms with Gasteiger partial charge in [-0.3, -0.25) is 9.59 Å². The molecule has 0 fully saturated rings. The summed E-state index contributed by atoms with van der Waals surface area (Å²) in [5, 5.41) is 0. The summed E-state index contributed by atoms with van der Waals surface area (Å²) in [5.41, 5.74) is 0.559. The fourth-order valence-electron chi connectivity index (χ4n) is 1.99. The Morgan fingerprint density at radius 2 is 1.82 bits per heavy atom. The van der Waals surface area contributed by atoms with Crippen molar-refractivity contribution in [2.75, 3.05) is 13.2 Å². The highest BCUT2D eigenvalue weighted by Gasteiger charge is 2.44. The molecule has 0 spiro atoms. The number of ether oxygens (including phenoxy) is 1. The number of benzene rings is 1. The summed E-state index contributed by atoms with van der Waals surface area (Å²) < 4.78 is 42.9. The van der Waals surface area contributed by atoms with E-state index in [4.69, 9.17) is 0 Å². The SMILES string of the molecule is CCOC(=O)CCN(C(=O)C(F)(F)F)C(C)c1ccccc1. The summed E-state index contributed by atoms with van der Waals surface area (Å²) in [7, 11) is 0. The molecule has 0 bridgehead atoms. The van der Waals surface area contributed by atoms with Crippen LogP contribution in [0.4, 0.5) is 13.2 Å². The van der Waals surface area contributed by atoms with Crippen LogP contribution in [0.2, 0.25) is 0 Å². The zero-order chi connectivity index (χ0) is 16.8. The third-order valence-electron chi connectivity index (χ3n) is 3.12. The van der Waals surface area contributed by atoms with E-state index in [-0.39, 0.29) is 19.6 Å². The monoisotopic (exact) mass is 317 g/mol. The molecule has 1 aromatic carbocycles. The molecule has 1 rings (SSSR count). The predicted molar refractivity (Wildman–Crippen MR) is 73.9 cm³/mol. The highest BCUT2D eigenvalue weighted by molar-refractivity contribution is 5.82. The Morgan fingerprint density at radius 1 is 1.23 bits per heavy atom. The van der Waals surface area contributed by atoms with Gasteiger partial charge >= 0.3 is 18.1 Å². The first-order chi connectivity index (χ1) is 10.3. The molecule has 122 valence electrons. The minimum atomic E-state index is -4.99. The molecule has 1 amide bonds. The van der Waals surface area contributed by atoms with Gasteiger partial charge in [0.2, 0.25) is 0 Å². The minimum absolute atomic E-state index is 0.139. The molecule has 4 nitrogen and oxygen atoms in total. The molecule has 7 heteroatoms. The van der Waals surface area contributed by atoms with Crippen LogP contribution in [0, 0.1) is 0 Å². The lowest BCUT2D eigenvalue weighted by Gasteiger charge is -2.30. The van der Waals surface area contributed by atoms with Gasteiger partial charge in [0.25, 0.3) is 0 Å². The average molecular weight is 317 g/mol. The second-order valence-corrected chi connectivity index (χ2v) is 4.64.